The van der Waals surface area contributed by atoms with E-state index < -0.39 is 0 Å². The molecule has 1 fully saturated rings. The smallest absolute Gasteiger partial charge is 0.217 e. The zero-order valence-electron chi connectivity index (χ0n) is 7.58. The largest absolute Gasteiger partial charge is 0.370 e. The number of nitrogens with two attached hydrogens (primary N) is 1. The van der Waals surface area contributed by atoms with E-state index >= 15 is 0 Å². The van der Waals surface area contributed by atoms with E-state index in [0.717, 1.165) is 5.92 Å². The molecule has 2 N–H and O–H groups in total. The molecule has 3 heteroatoms. The Morgan fingerprint density at radius 1 is 1.33 bits per heavy atom. The van der Waals surface area contributed by atoms with E-state index in [0.29, 0.717) is 12.3 Å². The van der Waals surface area contributed by atoms with Crippen LogP contribution in [0, 0.1) is 11.8 Å². The summed E-state index contributed by atoms with van der Waals surface area (Å²) in [5.74, 6) is 1.31. The fourth-order valence-corrected chi connectivity index (χ4v) is 1.82. The summed E-state index contributed by atoms with van der Waals surface area (Å²) in [4.78, 5) is 10.6. The maximum Gasteiger partial charge on any atom is 0.217 e. The highest BCUT2D eigenvalue weighted by Gasteiger charge is 2.19. The second-order valence-electron chi connectivity index (χ2n) is 3.80. The molecule has 0 aromatic carbocycles. The van der Waals surface area contributed by atoms with Crippen molar-refractivity contribution in [2.75, 3.05) is 0 Å². The number of amides is 1. The minimum absolute atomic E-state index is 0. The van der Waals surface area contributed by atoms with E-state index in [4.69, 9.17) is 5.73 Å². The van der Waals surface area contributed by atoms with Gasteiger partial charge in [0, 0.05) is 6.42 Å². The molecule has 12 heavy (non-hydrogen) atoms. The summed E-state index contributed by atoms with van der Waals surface area (Å²) in [6.45, 7) is 2.28. The van der Waals surface area contributed by atoms with Gasteiger partial charge in [-0.1, -0.05) is 19.8 Å². The van der Waals surface area contributed by atoms with Crippen molar-refractivity contribution in [3.63, 3.8) is 0 Å². The zero-order chi connectivity index (χ0) is 8.27. The van der Waals surface area contributed by atoms with Gasteiger partial charge in [-0.25, -0.2) is 0 Å². The third kappa shape index (κ3) is 3.96. The van der Waals surface area contributed by atoms with Crippen molar-refractivity contribution in [1.29, 1.82) is 0 Å². The van der Waals surface area contributed by atoms with Crippen LogP contribution in [0.2, 0.25) is 0 Å². The highest BCUT2D eigenvalue weighted by atomic mass is 35.5. The molecule has 1 rings (SSSR count). The summed E-state index contributed by atoms with van der Waals surface area (Å²) in [5, 5.41) is 0. The molecule has 0 aromatic heterocycles. The van der Waals surface area contributed by atoms with Crippen LogP contribution < -0.4 is 5.73 Å². The molecule has 0 atom stereocenters. The minimum atomic E-state index is -0.135. The lowest BCUT2D eigenvalue weighted by Crippen LogP contribution is -2.20. The molecular weight excluding hydrogens is 174 g/mol. The third-order valence-corrected chi connectivity index (χ3v) is 2.63. The summed E-state index contributed by atoms with van der Waals surface area (Å²) < 4.78 is 0. The summed E-state index contributed by atoms with van der Waals surface area (Å²) in [6, 6.07) is 0. The molecule has 0 spiro atoms. The number of carbonyl (C=O) groups is 1. The Labute approximate surface area is 80.3 Å². The topological polar surface area (TPSA) is 43.1 Å². The molecule has 0 radical (unpaired) electrons. The maximum absolute atomic E-state index is 10.6. The van der Waals surface area contributed by atoms with E-state index in [-0.39, 0.29) is 18.3 Å². The normalized spacial score (nSPS) is 29.1. The average molecular weight is 192 g/mol. The van der Waals surface area contributed by atoms with E-state index in [1.807, 2.05) is 0 Å². The second-order valence-corrected chi connectivity index (χ2v) is 3.80. The summed E-state index contributed by atoms with van der Waals surface area (Å²) in [7, 11) is 0. The van der Waals surface area contributed by atoms with Gasteiger partial charge in [-0.2, -0.15) is 0 Å². The van der Waals surface area contributed by atoms with E-state index in [2.05, 4.69) is 6.92 Å². The molecular formula is C9H18ClNO. The molecule has 1 aliphatic carbocycles. The first-order valence-electron chi connectivity index (χ1n) is 4.46. The van der Waals surface area contributed by atoms with E-state index in [1.165, 1.54) is 25.7 Å². The van der Waals surface area contributed by atoms with Crippen LogP contribution in [0.1, 0.15) is 39.0 Å². The number of primary amides is 1. The van der Waals surface area contributed by atoms with Crippen molar-refractivity contribution in [1.82, 2.24) is 0 Å². The first kappa shape index (κ1) is 11.8. The van der Waals surface area contributed by atoms with Gasteiger partial charge >= 0.3 is 0 Å². The Hall–Kier alpha value is -0.240. The third-order valence-electron chi connectivity index (χ3n) is 2.63. The molecule has 1 aliphatic rings. The van der Waals surface area contributed by atoms with Crippen molar-refractivity contribution >= 4 is 18.3 Å². The van der Waals surface area contributed by atoms with E-state index in [1.54, 1.807) is 0 Å². The number of hydrogen-bond acceptors (Lipinski definition) is 1. The van der Waals surface area contributed by atoms with Gasteiger partial charge in [0.15, 0.2) is 0 Å². The molecule has 0 aliphatic heterocycles. The number of halogens is 1. The lowest BCUT2D eigenvalue weighted by atomic mass is 9.81. The van der Waals surface area contributed by atoms with Crippen molar-refractivity contribution in [3.8, 4) is 0 Å². The van der Waals surface area contributed by atoms with Gasteiger partial charge in [0.1, 0.15) is 0 Å². The van der Waals surface area contributed by atoms with Crippen LogP contribution in [0.15, 0.2) is 0 Å². The first-order valence-corrected chi connectivity index (χ1v) is 4.46. The van der Waals surface area contributed by atoms with Crippen LogP contribution in [0.3, 0.4) is 0 Å². The van der Waals surface area contributed by atoms with Crippen LogP contribution >= 0.6 is 12.4 Å². The predicted octanol–water partition coefficient (Wildman–Crippen LogP) is 2.11. The van der Waals surface area contributed by atoms with Crippen molar-refractivity contribution in [2.24, 2.45) is 17.6 Å². The zero-order valence-corrected chi connectivity index (χ0v) is 8.40. The standard InChI is InChI=1S/C9H17NO.ClH/c1-7-2-4-8(5-3-7)6-9(10)11;/h7-8H,2-6H2,1H3,(H2,10,11);1H. The molecule has 1 saturated carbocycles. The molecule has 0 heterocycles. The molecule has 0 aromatic rings. The Balaban J connectivity index is 0.00000121. The summed E-state index contributed by atoms with van der Waals surface area (Å²) in [5.41, 5.74) is 5.12. The fraction of sp³-hybridized carbons (Fsp3) is 0.889. The molecule has 0 bridgehead atoms. The van der Waals surface area contributed by atoms with Gasteiger partial charge in [-0.3, -0.25) is 4.79 Å². The van der Waals surface area contributed by atoms with Crippen molar-refractivity contribution in [3.05, 3.63) is 0 Å². The van der Waals surface area contributed by atoms with Gasteiger partial charge in [-0.05, 0) is 24.7 Å². The fourth-order valence-electron chi connectivity index (χ4n) is 1.82. The maximum atomic E-state index is 10.6. The first-order chi connectivity index (χ1) is 5.18. The number of rotatable bonds is 2. The predicted molar refractivity (Wildman–Crippen MR) is 52.2 cm³/mol. The lowest BCUT2D eigenvalue weighted by molar-refractivity contribution is -0.119. The van der Waals surface area contributed by atoms with Gasteiger partial charge in [-0.15, -0.1) is 12.4 Å². The summed E-state index contributed by atoms with van der Waals surface area (Å²) in [6.07, 6.45) is 5.55. The molecule has 0 unspecified atom stereocenters. The van der Waals surface area contributed by atoms with Gasteiger partial charge in [0.05, 0.1) is 0 Å². The van der Waals surface area contributed by atoms with Crippen LogP contribution in [0.5, 0.6) is 0 Å². The highest BCUT2D eigenvalue weighted by molar-refractivity contribution is 5.85. The minimum Gasteiger partial charge on any atom is -0.370 e. The average Bonchev–Trinajstić information content (AvgIpc) is 1.93. The molecule has 2 nitrogen and oxygen atoms in total. The quantitative estimate of drug-likeness (QED) is 0.714. The van der Waals surface area contributed by atoms with Crippen LogP contribution in [-0.2, 0) is 4.79 Å². The SMILES string of the molecule is CC1CCC(CC(N)=O)CC1.Cl. The molecule has 72 valence electrons. The van der Waals surface area contributed by atoms with Crippen LogP contribution in [0.4, 0.5) is 0 Å². The van der Waals surface area contributed by atoms with E-state index in [9.17, 15) is 4.79 Å². The van der Waals surface area contributed by atoms with Gasteiger partial charge in [0.25, 0.3) is 0 Å². The van der Waals surface area contributed by atoms with Crippen molar-refractivity contribution < 1.29 is 4.79 Å². The Morgan fingerprint density at radius 2 is 1.83 bits per heavy atom. The number of hydrogen-bond donors (Lipinski definition) is 1. The van der Waals surface area contributed by atoms with Crippen LogP contribution in [0.25, 0.3) is 0 Å². The Kier molecular flexibility index (Phi) is 5.31. The van der Waals surface area contributed by atoms with Gasteiger partial charge in [0.2, 0.25) is 5.91 Å². The van der Waals surface area contributed by atoms with Crippen LogP contribution in [-0.4, -0.2) is 5.91 Å². The van der Waals surface area contributed by atoms with Gasteiger partial charge < -0.3 is 5.73 Å². The Bertz CT molecular complexity index is 141. The monoisotopic (exact) mass is 191 g/mol. The molecule has 0 saturated heterocycles. The highest BCUT2D eigenvalue weighted by Crippen LogP contribution is 2.29. The summed E-state index contributed by atoms with van der Waals surface area (Å²) >= 11 is 0. The Morgan fingerprint density at radius 3 is 2.25 bits per heavy atom. The second kappa shape index (κ2) is 5.41. The van der Waals surface area contributed by atoms with Crippen molar-refractivity contribution in [2.45, 2.75) is 39.0 Å². The number of carbonyl (C=O) groups excluding carboxylic acids is 1. The lowest BCUT2D eigenvalue weighted by Gasteiger charge is -2.24. The molecule has 1 amide bonds.